The van der Waals surface area contributed by atoms with Gasteiger partial charge in [0, 0.05) is 23.2 Å². The first-order valence-corrected chi connectivity index (χ1v) is 10.0. The normalized spacial score (nSPS) is 18.8. The molecule has 1 amide bonds. The minimum absolute atomic E-state index is 0. The number of aromatic amines is 1. The molecule has 1 unspecified atom stereocenters. The second-order valence-electron chi connectivity index (χ2n) is 7.00. The monoisotopic (exact) mass is 425 g/mol. The average Bonchev–Trinajstić information content (AvgIpc) is 3.13. The van der Waals surface area contributed by atoms with Crippen molar-refractivity contribution in [2.24, 2.45) is 0 Å². The maximum absolute atomic E-state index is 12.6. The number of halogens is 1. The fraction of sp³-hybridized carbons (Fsp3) is 0.474. The van der Waals surface area contributed by atoms with Crippen LogP contribution >= 0.6 is 23.7 Å². The molecule has 0 aliphatic carbocycles. The number of aliphatic hydroxyl groups is 1. The van der Waals surface area contributed by atoms with Crippen molar-refractivity contribution in [3.05, 3.63) is 55.6 Å². The maximum Gasteiger partial charge on any atom is 0.261 e. The zero-order chi connectivity index (χ0) is 18.9. The van der Waals surface area contributed by atoms with E-state index >= 15 is 0 Å². The van der Waals surface area contributed by atoms with Crippen LogP contribution in [0.1, 0.15) is 44.8 Å². The lowest BCUT2D eigenvalue weighted by Crippen LogP contribution is -2.43. The van der Waals surface area contributed by atoms with E-state index in [2.05, 4.69) is 15.6 Å². The molecule has 0 radical (unpaired) electrons. The molecule has 0 saturated carbocycles. The third kappa shape index (κ3) is 4.16. The van der Waals surface area contributed by atoms with Gasteiger partial charge in [0.25, 0.3) is 5.91 Å². The van der Waals surface area contributed by atoms with E-state index in [0.29, 0.717) is 17.2 Å². The van der Waals surface area contributed by atoms with Crippen molar-refractivity contribution in [2.45, 2.75) is 31.0 Å². The molecule has 1 spiro atoms. The molecule has 9 heteroatoms. The highest BCUT2D eigenvalue weighted by Crippen LogP contribution is 2.44. The van der Waals surface area contributed by atoms with Crippen LogP contribution in [-0.2, 0) is 16.8 Å². The summed E-state index contributed by atoms with van der Waals surface area (Å²) in [6.07, 6.45) is 1.70. The van der Waals surface area contributed by atoms with E-state index in [4.69, 9.17) is 4.74 Å². The number of amides is 1. The van der Waals surface area contributed by atoms with Crippen LogP contribution in [0.4, 0.5) is 0 Å². The Labute approximate surface area is 172 Å². The van der Waals surface area contributed by atoms with Crippen molar-refractivity contribution < 1.29 is 14.6 Å². The smallest absolute Gasteiger partial charge is 0.261 e. The van der Waals surface area contributed by atoms with Crippen LogP contribution in [0.2, 0.25) is 0 Å². The van der Waals surface area contributed by atoms with Gasteiger partial charge in [-0.3, -0.25) is 9.59 Å². The van der Waals surface area contributed by atoms with Gasteiger partial charge in [0.1, 0.15) is 11.7 Å². The number of aromatic nitrogens is 1. The molecule has 1 saturated heterocycles. The summed E-state index contributed by atoms with van der Waals surface area (Å²) in [5.74, 6) is -0.212. The Morgan fingerprint density at radius 2 is 2.14 bits per heavy atom. The molecule has 2 aliphatic heterocycles. The van der Waals surface area contributed by atoms with Gasteiger partial charge in [-0.1, -0.05) is 6.07 Å². The molecule has 7 nitrogen and oxygen atoms in total. The summed E-state index contributed by atoms with van der Waals surface area (Å²) in [4.78, 5) is 28.3. The van der Waals surface area contributed by atoms with Crippen molar-refractivity contribution in [1.82, 2.24) is 15.6 Å². The van der Waals surface area contributed by atoms with Crippen molar-refractivity contribution in [3.8, 4) is 0 Å². The highest BCUT2D eigenvalue weighted by Gasteiger charge is 2.41. The third-order valence-corrected chi connectivity index (χ3v) is 6.57. The van der Waals surface area contributed by atoms with Crippen LogP contribution in [0.5, 0.6) is 0 Å². The van der Waals surface area contributed by atoms with Gasteiger partial charge >= 0.3 is 0 Å². The number of piperidine rings is 1. The Hall–Kier alpha value is -1.71. The van der Waals surface area contributed by atoms with Gasteiger partial charge in [0.05, 0.1) is 11.5 Å². The quantitative estimate of drug-likeness (QED) is 0.594. The molecule has 1 atom stereocenters. The SMILES string of the molecule is Cl.O=C(NCC(O)c1cccc(=O)[nH]1)c1cc2c(s1)C1(CCNCC1)OCC2. The van der Waals surface area contributed by atoms with E-state index in [1.165, 1.54) is 27.8 Å². The standard InChI is InChI=1S/C19H23N3O4S.ClH/c23-14(13-2-1-3-16(24)22-13)11-21-18(25)15-10-12-4-9-26-19(17(12)27-15)5-7-20-8-6-19;/h1-3,10,14,20,23H,4-9,11H2,(H,21,25)(H,22,24);1H. The van der Waals surface area contributed by atoms with Crippen molar-refractivity contribution in [1.29, 1.82) is 0 Å². The molecule has 1 fully saturated rings. The fourth-order valence-electron chi connectivity index (χ4n) is 3.78. The second-order valence-corrected chi connectivity index (χ2v) is 8.06. The molecule has 28 heavy (non-hydrogen) atoms. The summed E-state index contributed by atoms with van der Waals surface area (Å²) in [6, 6.07) is 6.54. The predicted molar refractivity (Wildman–Crippen MR) is 109 cm³/mol. The molecule has 4 heterocycles. The Balaban J connectivity index is 0.00000225. The average molecular weight is 426 g/mol. The minimum Gasteiger partial charge on any atom is -0.385 e. The highest BCUT2D eigenvalue weighted by molar-refractivity contribution is 7.14. The Kier molecular flexibility index (Phi) is 6.57. The third-order valence-electron chi connectivity index (χ3n) is 5.21. The lowest BCUT2D eigenvalue weighted by Gasteiger charge is -2.40. The first kappa shape index (κ1) is 21.0. The summed E-state index contributed by atoms with van der Waals surface area (Å²) < 4.78 is 6.16. The number of hydrogen-bond acceptors (Lipinski definition) is 6. The molecule has 2 aliphatic rings. The Bertz CT molecular complexity index is 891. The first-order valence-electron chi connectivity index (χ1n) is 9.21. The lowest BCUT2D eigenvalue weighted by atomic mass is 9.86. The number of pyridine rings is 1. The Morgan fingerprint density at radius 1 is 1.36 bits per heavy atom. The van der Waals surface area contributed by atoms with Gasteiger partial charge < -0.3 is 25.5 Å². The summed E-state index contributed by atoms with van der Waals surface area (Å²) in [5.41, 5.74) is 1.04. The summed E-state index contributed by atoms with van der Waals surface area (Å²) in [7, 11) is 0. The van der Waals surface area contributed by atoms with E-state index in [1.54, 1.807) is 12.1 Å². The number of fused-ring (bicyclic) bond motifs is 2. The van der Waals surface area contributed by atoms with Crippen molar-refractivity contribution in [3.63, 3.8) is 0 Å². The highest BCUT2D eigenvalue weighted by atomic mass is 35.5. The van der Waals surface area contributed by atoms with Crippen LogP contribution in [0.25, 0.3) is 0 Å². The van der Waals surface area contributed by atoms with E-state index < -0.39 is 6.10 Å². The number of thiophene rings is 1. The zero-order valence-corrected chi connectivity index (χ0v) is 17.0. The van der Waals surface area contributed by atoms with Crippen LogP contribution in [0.15, 0.2) is 29.1 Å². The second kappa shape index (κ2) is 8.75. The summed E-state index contributed by atoms with van der Waals surface area (Å²) >= 11 is 1.49. The summed E-state index contributed by atoms with van der Waals surface area (Å²) in [6.45, 7) is 2.55. The number of aliphatic hydroxyl groups excluding tert-OH is 1. The van der Waals surface area contributed by atoms with Crippen LogP contribution in [-0.4, -0.2) is 42.2 Å². The topological polar surface area (TPSA) is 103 Å². The first-order chi connectivity index (χ1) is 13.1. The molecular weight excluding hydrogens is 402 g/mol. The number of ether oxygens (including phenoxy) is 1. The van der Waals surface area contributed by atoms with E-state index in [9.17, 15) is 14.7 Å². The van der Waals surface area contributed by atoms with Gasteiger partial charge in [-0.25, -0.2) is 0 Å². The number of carbonyl (C=O) groups is 1. The van der Waals surface area contributed by atoms with Gasteiger partial charge in [0.2, 0.25) is 5.56 Å². The molecule has 4 rings (SSSR count). The van der Waals surface area contributed by atoms with Crippen LogP contribution in [0, 0.1) is 0 Å². The van der Waals surface area contributed by atoms with Crippen LogP contribution < -0.4 is 16.2 Å². The lowest BCUT2D eigenvalue weighted by molar-refractivity contribution is -0.0771. The largest absolute Gasteiger partial charge is 0.385 e. The van der Waals surface area contributed by atoms with Crippen molar-refractivity contribution >= 4 is 29.7 Å². The van der Waals surface area contributed by atoms with E-state index in [0.717, 1.165) is 32.4 Å². The number of H-pyrrole nitrogens is 1. The Morgan fingerprint density at radius 3 is 2.89 bits per heavy atom. The summed E-state index contributed by atoms with van der Waals surface area (Å²) in [5, 5.41) is 16.3. The van der Waals surface area contributed by atoms with Gasteiger partial charge in [0.15, 0.2) is 0 Å². The predicted octanol–water partition coefficient (Wildman–Crippen LogP) is 1.47. The fourth-order valence-corrected chi connectivity index (χ4v) is 5.11. The maximum atomic E-state index is 12.6. The molecule has 0 aromatic carbocycles. The molecular formula is C19H24ClN3O4S. The number of carbonyl (C=O) groups excluding carboxylic acids is 1. The molecule has 2 aromatic rings. The number of rotatable bonds is 4. The number of nitrogens with one attached hydrogen (secondary N) is 3. The molecule has 152 valence electrons. The van der Waals surface area contributed by atoms with Gasteiger partial charge in [-0.2, -0.15) is 0 Å². The molecule has 4 N–H and O–H groups in total. The van der Waals surface area contributed by atoms with E-state index in [-0.39, 0.29) is 36.0 Å². The van der Waals surface area contributed by atoms with Gasteiger partial charge in [-0.15, -0.1) is 23.7 Å². The van der Waals surface area contributed by atoms with Crippen LogP contribution in [0.3, 0.4) is 0 Å². The molecule has 0 bridgehead atoms. The zero-order valence-electron chi connectivity index (χ0n) is 15.3. The minimum atomic E-state index is -0.962. The van der Waals surface area contributed by atoms with Crippen molar-refractivity contribution in [2.75, 3.05) is 26.2 Å². The molecule has 2 aromatic heterocycles. The number of hydrogen-bond donors (Lipinski definition) is 4. The van der Waals surface area contributed by atoms with Gasteiger partial charge in [-0.05, 0) is 50.0 Å². The van der Waals surface area contributed by atoms with E-state index in [1.807, 2.05) is 6.07 Å².